The zero-order valence-electron chi connectivity index (χ0n) is 10.7. The first-order valence-electron chi connectivity index (χ1n) is 5.85. The van der Waals surface area contributed by atoms with Crippen molar-refractivity contribution in [1.29, 1.82) is 0 Å². The molecular weight excluding hydrogens is 342 g/mol. The van der Waals surface area contributed by atoms with Crippen molar-refractivity contribution >= 4 is 44.8 Å². The molecule has 6 heteroatoms. The lowest BCUT2D eigenvalue weighted by Crippen LogP contribution is -2.17. The number of aryl methyl sites for hydroxylation is 1. The van der Waals surface area contributed by atoms with Gasteiger partial charge in [-0.05, 0) is 58.7 Å². The summed E-state index contributed by atoms with van der Waals surface area (Å²) < 4.78 is 0.775. The number of anilines is 2. The zero-order valence-corrected chi connectivity index (χ0v) is 13.0. The predicted octanol–water partition coefficient (Wildman–Crippen LogP) is 3.95. The van der Waals surface area contributed by atoms with Crippen LogP contribution in [-0.4, -0.2) is 5.91 Å². The lowest BCUT2D eigenvalue weighted by Gasteiger charge is -2.11. The third kappa shape index (κ3) is 3.30. The molecule has 0 saturated carbocycles. The number of nitrogens with one attached hydrogen (secondary N) is 2. The van der Waals surface area contributed by atoms with E-state index in [9.17, 15) is 4.79 Å². The highest BCUT2D eigenvalue weighted by molar-refractivity contribution is 9.10. The summed E-state index contributed by atoms with van der Waals surface area (Å²) in [6, 6.07) is 10.6. The molecule has 1 amide bonds. The molecule has 2 aromatic rings. The fourth-order valence-electron chi connectivity index (χ4n) is 1.75. The Bertz CT molecular complexity index is 661. The van der Waals surface area contributed by atoms with E-state index in [1.54, 1.807) is 24.3 Å². The molecule has 0 saturated heterocycles. The van der Waals surface area contributed by atoms with Crippen molar-refractivity contribution in [2.45, 2.75) is 6.92 Å². The van der Waals surface area contributed by atoms with Gasteiger partial charge in [-0.1, -0.05) is 17.7 Å². The van der Waals surface area contributed by atoms with Crippen molar-refractivity contribution in [3.63, 3.8) is 0 Å². The first-order valence-corrected chi connectivity index (χ1v) is 7.02. The standard InChI is InChI=1S/C14H13BrClN3O/c1-8-2-4-10(13(6-8)19-17)14(20)18-9-3-5-11(15)12(16)7-9/h2-7,19H,17H2,1H3,(H,18,20). The first-order chi connectivity index (χ1) is 9.51. The maximum absolute atomic E-state index is 12.2. The van der Waals surface area contributed by atoms with Crippen LogP contribution in [0.1, 0.15) is 15.9 Å². The fraction of sp³-hybridized carbons (Fsp3) is 0.0714. The van der Waals surface area contributed by atoms with E-state index in [1.165, 1.54) is 0 Å². The zero-order chi connectivity index (χ0) is 14.7. The Kier molecular flexibility index (Phi) is 4.65. The van der Waals surface area contributed by atoms with Gasteiger partial charge in [0.05, 0.1) is 16.3 Å². The summed E-state index contributed by atoms with van der Waals surface area (Å²) in [6.07, 6.45) is 0. The van der Waals surface area contributed by atoms with E-state index in [2.05, 4.69) is 26.7 Å². The Morgan fingerprint density at radius 1 is 1.25 bits per heavy atom. The summed E-state index contributed by atoms with van der Waals surface area (Å²) in [6.45, 7) is 1.93. The number of hydrogen-bond donors (Lipinski definition) is 3. The van der Waals surface area contributed by atoms with Gasteiger partial charge in [0, 0.05) is 10.2 Å². The number of halogens is 2. The van der Waals surface area contributed by atoms with Crippen LogP contribution in [0.25, 0.3) is 0 Å². The summed E-state index contributed by atoms with van der Waals surface area (Å²) >= 11 is 9.29. The van der Waals surface area contributed by atoms with Crippen molar-refractivity contribution < 1.29 is 4.79 Å². The molecule has 0 bridgehead atoms. The molecule has 0 heterocycles. The predicted molar refractivity (Wildman–Crippen MR) is 86.1 cm³/mol. The van der Waals surface area contributed by atoms with Crippen LogP contribution < -0.4 is 16.6 Å². The van der Waals surface area contributed by atoms with Crippen molar-refractivity contribution in [3.05, 3.63) is 57.0 Å². The SMILES string of the molecule is Cc1ccc(C(=O)Nc2ccc(Br)c(Cl)c2)c(NN)c1. The van der Waals surface area contributed by atoms with E-state index in [-0.39, 0.29) is 5.91 Å². The molecule has 0 fully saturated rings. The minimum absolute atomic E-state index is 0.253. The van der Waals surface area contributed by atoms with E-state index in [1.807, 2.05) is 19.1 Å². The van der Waals surface area contributed by atoms with Gasteiger partial charge in [-0.2, -0.15) is 0 Å². The van der Waals surface area contributed by atoms with Crippen LogP contribution in [0.3, 0.4) is 0 Å². The molecule has 4 nitrogen and oxygen atoms in total. The van der Waals surface area contributed by atoms with E-state index >= 15 is 0 Å². The highest BCUT2D eigenvalue weighted by atomic mass is 79.9. The topological polar surface area (TPSA) is 67.2 Å². The second-order valence-electron chi connectivity index (χ2n) is 4.28. The van der Waals surface area contributed by atoms with Gasteiger partial charge in [0.15, 0.2) is 0 Å². The molecule has 0 atom stereocenters. The lowest BCUT2D eigenvalue weighted by molar-refractivity contribution is 0.102. The van der Waals surface area contributed by atoms with Crippen LogP contribution in [0.4, 0.5) is 11.4 Å². The molecule has 4 N–H and O–H groups in total. The largest absolute Gasteiger partial charge is 0.323 e. The van der Waals surface area contributed by atoms with Crippen molar-refractivity contribution in [3.8, 4) is 0 Å². The third-order valence-electron chi connectivity index (χ3n) is 2.75. The van der Waals surface area contributed by atoms with E-state index in [0.29, 0.717) is 22.0 Å². The Hall–Kier alpha value is -1.56. The number of hydrazine groups is 1. The van der Waals surface area contributed by atoms with E-state index < -0.39 is 0 Å². The molecule has 0 unspecified atom stereocenters. The van der Waals surface area contributed by atoms with Gasteiger partial charge in [-0.3, -0.25) is 10.6 Å². The molecule has 0 aromatic heterocycles. The number of benzene rings is 2. The normalized spacial score (nSPS) is 10.2. The van der Waals surface area contributed by atoms with E-state index in [4.69, 9.17) is 17.4 Å². The molecule has 20 heavy (non-hydrogen) atoms. The maximum Gasteiger partial charge on any atom is 0.257 e. The smallest absolute Gasteiger partial charge is 0.257 e. The molecule has 2 aromatic carbocycles. The van der Waals surface area contributed by atoms with Gasteiger partial charge in [-0.25, -0.2) is 0 Å². The van der Waals surface area contributed by atoms with Crippen LogP contribution in [0, 0.1) is 6.92 Å². The second-order valence-corrected chi connectivity index (χ2v) is 5.54. The fourth-order valence-corrected chi connectivity index (χ4v) is 2.17. The van der Waals surface area contributed by atoms with Gasteiger partial charge in [0.25, 0.3) is 5.91 Å². The Balaban J connectivity index is 2.25. The molecule has 0 aliphatic heterocycles. The average Bonchev–Trinajstić information content (AvgIpc) is 2.42. The minimum atomic E-state index is -0.253. The highest BCUT2D eigenvalue weighted by Crippen LogP contribution is 2.26. The second kappa shape index (κ2) is 6.26. The van der Waals surface area contributed by atoms with Gasteiger partial charge in [-0.15, -0.1) is 0 Å². The van der Waals surface area contributed by atoms with Gasteiger partial charge in [0.1, 0.15) is 0 Å². The van der Waals surface area contributed by atoms with Crippen LogP contribution in [0.5, 0.6) is 0 Å². The van der Waals surface area contributed by atoms with Crippen LogP contribution >= 0.6 is 27.5 Å². The molecule has 0 aliphatic carbocycles. The summed E-state index contributed by atoms with van der Waals surface area (Å²) in [5, 5.41) is 3.31. The molecule has 2 rings (SSSR count). The highest BCUT2D eigenvalue weighted by Gasteiger charge is 2.11. The Labute approximate surface area is 130 Å². The number of rotatable bonds is 3. The summed E-state index contributed by atoms with van der Waals surface area (Å²) in [5.41, 5.74) is 5.21. The number of amides is 1. The lowest BCUT2D eigenvalue weighted by atomic mass is 10.1. The van der Waals surface area contributed by atoms with E-state index in [0.717, 1.165) is 10.0 Å². The molecule has 0 spiro atoms. The number of carbonyl (C=O) groups excluding carboxylic acids is 1. The molecular formula is C14H13BrClN3O. The Morgan fingerprint density at radius 2 is 2.00 bits per heavy atom. The minimum Gasteiger partial charge on any atom is -0.323 e. The van der Waals surface area contributed by atoms with Crippen LogP contribution in [-0.2, 0) is 0 Å². The van der Waals surface area contributed by atoms with Gasteiger partial charge in [0.2, 0.25) is 0 Å². The first kappa shape index (κ1) is 14.8. The van der Waals surface area contributed by atoms with Crippen LogP contribution in [0.2, 0.25) is 5.02 Å². The quantitative estimate of drug-likeness (QED) is 0.577. The average molecular weight is 355 g/mol. The van der Waals surface area contributed by atoms with Crippen molar-refractivity contribution in [1.82, 2.24) is 0 Å². The maximum atomic E-state index is 12.2. The molecule has 104 valence electrons. The van der Waals surface area contributed by atoms with Gasteiger partial charge < -0.3 is 10.7 Å². The third-order valence-corrected chi connectivity index (χ3v) is 3.99. The Morgan fingerprint density at radius 3 is 2.65 bits per heavy atom. The number of nitrogens with two attached hydrogens (primary N) is 1. The van der Waals surface area contributed by atoms with Crippen molar-refractivity contribution in [2.24, 2.45) is 5.84 Å². The van der Waals surface area contributed by atoms with Gasteiger partial charge >= 0.3 is 0 Å². The number of nitrogen functional groups attached to an aromatic ring is 1. The monoisotopic (exact) mass is 353 g/mol. The number of carbonyl (C=O) groups is 1. The summed E-state index contributed by atoms with van der Waals surface area (Å²) in [4.78, 5) is 12.2. The summed E-state index contributed by atoms with van der Waals surface area (Å²) in [7, 11) is 0. The number of hydrogen-bond acceptors (Lipinski definition) is 3. The summed E-state index contributed by atoms with van der Waals surface area (Å²) in [5.74, 6) is 5.18. The van der Waals surface area contributed by atoms with Crippen molar-refractivity contribution in [2.75, 3.05) is 10.7 Å². The van der Waals surface area contributed by atoms with Crippen LogP contribution in [0.15, 0.2) is 40.9 Å². The molecule has 0 aliphatic rings. The molecule has 0 radical (unpaired) electrons.